The zero-order valence-electron chi connectivity index (χ0n) is 24.4. The summed E-state index contributed by atoms with van der Waals surface area (Å²) in [4.78, 5) is 41.3. The first-order valence-electron chi connectivity index (χ1n) is 13.8. The third kappa shape index (κ3) is 9.88. The highest BCUT2D eigenvalue weighted by molar-refractivity contribution is 5.86. The molecule has 2 aromatic carbocycles. The molecular formula is C32H40N4O6. The summed E-state index contributed by atoms with van der Waals surface area (Å²) in [5.74, 6) is -0.491. The van der Waals surface area contributed by atoms with E-state index >= 15 is 0 Å². The summed E-state index contributed by atoms with van der Waals surface area (Å²) in [5, 5.41) is 28.9. The van der Waals surface area contributed by atoms with Gasteiger partial charge in [-0.2, -0.15) is 0 Å². The Labute approximate surface area is 246 Å². The van der Waals surface area contributed by atoms with E-state index in [0.717, 1.165) is 22.3 Å². The summed E-state index contributed by atoms with van der Waals surface area (Å²) in [7, 11) is 1.22. The van der Waals surface area contributed by atoms with Gasteiger partial charge >= 0.3 is 12.2 Å². The maximum absolute atomic E-state index is 13.5. The molecule has 0 fully saturated rings. The molecule has 5 N–H and O–H groups in total. The van der Waals surface area contributed by atoms with Gasteiger partial charge in [-0.05, 0) is 53.0 Å². The van der Waals surface area contributed by atoms with Crippen molar-refractivity contribution in [3.8, 4) is 11.1 Å². The summed E-state index contributed by atoms with van der Waals surface area (Å²) in [6.45, 7) is 5.42. The van der Waals surface area contributed by atoms with E-state index in [-0.39, 0.29) is 12.8 Å². The molecule has 4 atom stereocenters. The molecule has 3 aromatic rings. The topological polar surface area (TPSA) is 150 Å². The van der Waals surface area contributed by atoms with Gasteiger partial charge in [0.05, 0.1) is 19.3 Å². The standard InChI is InChI=1S/C32H40N4O6/c1-32(2,3)28(36-31(41)42-4)29(38)35-26(18-22-12-14-23(15-13-22)24-11-8-16-33-20-24)27(37)19-25(34-30(39)40)17-21-9-6-5-7-10-21/h5-16,20,25-28,34,37H,17-19H2,1-4H3,(H,35,38)(H,36,41)(H,39,40)/t25-,26-,27-,28+/m0/s1. The molecule has 0 saturated heterocycles. The van der Waals surface area contributed by atoms with E-state index in [9.17, 15) is 24.6 Å². The van der Waals surface area contributed by atoms with Crippen LogP contribution in [0.5, 0.6) is 0 Å². The van der Waals surface area contributed by atoms with E-state index in [4.69, 9.17) is 4.74 Å². The number of aromatic nitrogens is 1. The van der Waals surface area contributed by atoms with Gasteiger partial charge in [0.15, 0.2) is 0 Å². The SMILES string of the molecule is COC(=O)N[C@H](C(=O)N[C@@H](Cc1ccc(-c2cccnc2)cc1)[C@@H](O)C[C@H](Cc1ccccc1)NC(=O)O)C(C)(C)C. The summed E-state index contributed by atoms with van der Waals surface area (Å²) in [6.07, 6.45) is 1.07. The van der Waals surface area contributed by atoms with Crippen molar-refractivity contribution in [2.75, 3.05) is 7.11 Å². The van der Waals surface area contributed by atoms with Gasteiger partial charge in [-0.3, -0.25) is 9.78 Å². The molecule has 0 aliphatic rings. The lowest BCUT2D eigenvalue weighted by Crippen LogP contribution is -2.58. The van der Waals surface area contributed by atoms with Crippen molar-refractivity contribution in [3.63, 3.8) is 0 Å². The Hall–Kier alpha value is -4.44. The number of nitrogens with one attached hydrogen (secondary N) is 3. The maximum atomic E-state index is 13.5. The number of hydrogen-bond acceptors (Lipinski definition) is 6. The van der Waals surface area contributed by atoms with Gasteiger partial charge in [-0.1, -0.05) is 81.4 Å². The zero-order valence-corrected chi connectivity index (χ0v) is 24.4. The number of methoxy groups -OCH3 is 1. The first-order chi connectivity index (χ1) is 20.0. The van der Waals surface area contributed by atoms with Crippen molar-refractivity contribution in [3.05, 3.63) is 90.3 Å². The molecule has 0 aliphatic carbocycles. The average Bonchev–Trinajstić information content (AvgIpc) is 2.95. The van der Waals surface area contributed by atoms with E-state index in [1.165, 1.54) is 7.11 Å². The molecule has 1 heterocycles. The number of rotatable bonds is 12. The number of aliphatic hydroxyl groups is 1. The van der Waals surface area contributed by atoms with Crippen molar-refractivity contribution in [2.45, 2.75) is 64.3 Å². The van der Waals surface area contributed by atoms with Crippen LogP contribution in [0.25, 0.3) is 11.1 Å². The number of carboxylic acid groups (broad SMARTS) is 1. The van der Waals surface area contributed by atoms with Crippen molar-refractivity contribution >= 4 is 18.1 Å². The number of amides is 3. The number of ether oxygens (including phenoxy) is 1. The van der Waals surface area contributed by atoms with Crippen LogP contribution in [0.4, 0.5) is 9.59 Å². The Morgan fingerprint density at radius 2 is 1.52 bits per heavy atom. The van der Waals surface area contributed by atoms with Crippen LogP contribution >= 0.6 is 0 Å². The molecule has 3 rings (SSSR count). The van der Waals surface area contributed by atoms with Crippen LogP contribution in [-0.2, 0) is 22.4 Å². The van der Waals surface area contributed by atoms with E-state index in [2.05, 4.69) is 20.9 Å². The van der Waals surface area contributed by atoms with E-state index in [1.54, 1.807) is 12.4 Å². The molecule has 0 saturated carbocycles. The van der Waals surface area contributed by atoms with Crippen LogP contribution < -0.4 is 16.0 Å². The van der Waals surface area contributed by atoms with Crippen LogP contribution in [0.15, 0.2) is 79.1 Å². The number of nitrogens with zero attached hydrogens (tertiary/aromatic N) is 1. The van der Waals surface area contributed by atoms with Gasteiger partial charge in [-0.25, -0.2) is 9.59 Å². The van der Waals surface area contributed by atoms with Gasteiger partial charge < -0.3 is 30.9 Å². The lowest BCUT2D eigenvalue weighted by molar-refractivity contribution is -0.127. The molecule has 1 aromatic heterocycles. The third-order valence-electron chi connectivity index (χ3n) is 6.95. The van der Waals surface area contributed by atoms with Crippen molar-refractivity contribution < 1.29 is 29.3 Å². The van der Waals surface area contributed by atoms with Gasteiger partial charge in [-0.15, -0.1) is 0 Å². The van der Waals surface area contributed by atoms with Crippen LogP contribution in [0.2, 0.25) is 0 Å². The monoisotopic (exact) mass is 576 g/mol. The van der Waals surface area contributed by atoms with Crippen LogP contribution in [0, 0.1) is 5.41 Å². The molecule has 42 heavy (non-hydrogen) atoms. The van der Waals surface area contributed by atoms with Crippen LogP contribution in [0.1, 0.15) is 38.3 Å². The first kappa shape index (κ1) is 32.1. The van der Waals surface area contributed by atoms with Gasteiger partial charge in [0, 0.05) is 18.4 Å². The normalized spacial score (nSPS) is 14.1. The first-order valence-corrected chi connectivity index (χ1v) is 13.8. The smallest absolute Gasteiger partial charge is 0.407 e. The second kappa shape index (κ2) is 15.0. The quantitative estimate of drug-likeness (QED) is 0.217. The third-order valence-corrected chi connectivity index (χ3v) is 6.95. The van der Waals surface area contributed by atoms with Gasteiger partial charge in [0.1, 0.15) is 6.04 Å². The highest BCUT2D eigenvalue weighted by atomic mass is 16.5. The van der Waals surface area contributed by atoms with E-state index < -0.39 is 47.7 Å². The number of pyridine rings is 1. The summed E-state index contributed by atoms with van der Waals surface area (Å²) in [5.41, 5.74) is 3.02. The van der Waals surface area contributed by atoms with Crippen LogP contribution in [-0.4, -0.2) is 64.6 Å². The minimum Gasteiger partial charge on any atom is -0.465 e. The molecule has 0 aliphatic heterocycles. The number of benzene rings is 2. The number of carbonyl (C=O) groups is 3. The molecule has 0 radical (unpaired) electrons. The fourth-order valence-electron chi connectivity index (χ4n) is 4.74. The molecule has 224 valence electrons. The zero-order chi connectivity index (χ0) is 30.7. The highest BCUT2D eigenvalue weighted by Gasteiger charge is 2.36. The minimum atomic E-state index is -1.20. The predicted molar refractivity (Wildman–Crippen MR) is 160 cm³/mol. The minimum absolute atomic E-state index is 0.0462. The van der Waals surface area contributed by atoms with Gasteiger partial charge in [0.25, 0.3) is 0 Å². The highest BCUT2D eigenvalue weighted by Crippen LogP contribution is 2.22. The summed E-state index contributed by atoms with van der Waals surface area (Å²) in [6, 6.07) is 18.5. The Morgan fingerprint density at radius 3 is 2.10 bits per heavy atom. The maximum Gasteiger partial charge on any atom is 0.407 e. The number of alkyl carbamates (subject to hydrolysis) is 1. The Kier molecular flexibility index (Phi) is 11.4. The average molecular weight is 577 g/mol. The molecule has 0 spiro atoms. The summed E-state index contributed by atoms with van der Waals surface area (Å²) >= 11 is 0. The number of carbonyl (C=O) groups excluding carboxylic acids is 2. The lowest BCUT2D eigenvalue weighted by atomic mass is 9.85. The van der Waals surface area contributed by atoms with Crippen molar-refractivity contribution in [2.24, 2.45) is 5.41 Å². The largest absolute Gasteiger partial charge is 0.465 e. The molecule has 10 heteroatoms. The van der Waals surface area contributed by atoms with E-state index in [0.29, 0.717) is 6.42 Å². The van der Waals surface area contributed by atoms with Crippen molar-refractivity contribution in [1.29, 1.82) is 0 Å². The van der Waals surface area contributed by atoms with E-state index in [1.807, 2.05) is 87.5 Å². The lowest BCUT2D eigenvalue weighted by Gasteiger charge is -2.33. The molecule has 10 nitrogen and oxygen atoms in total. The molecular weight excluding hydrogens is 536 g/mol. The fourth-order valence-corrected chi connectivity index (χ4v) is 4.74. The van der Waals surface area contributed by atoms with Crippen molar-refractivity contribution in [1.82, 2.24) is 20.9 Å². The fraction of sp³-hybridized carbons (Fsp3) is 0.375. The predicted octanol–water partition coefficient (Wildman–Crippen LogP) is 4.18. The Balaban J connectivity index is 1.86. The van der Waals surface area contributed by atoms with Gasteiger partial charge in [0.2, 0.25) is 5.91 Å². The number of hydrogen-bond donors (Lipinski definition) is 5. The molecule has 0 bridgehead atoms. The second-order valence-electron chi connectivity index (χ2n) is 11.3. The second-order valence-corrected chi connectivity index (χ2v) is 11.3. The Morgan fingerprint density at radius 1 is 0.857 bits per heavy atom. The molecule has 3 amide bonds. The summed E-state index contributed by atoms with van der Waals surface area (Å²) < 4.78 is 4.72. The molecule has 0 unspecified atom stereocenters. The Bertz CT molecular complexity index is 1300. The van der Waals surface area contributed by atoms with Crippen LogP contribution in [0.3, 0.4) is 0 Å². The number of aliphatic hydroxyl groups excluding tert-OH is 1.